The van der Waals surface area contributed by atoms with E-state index < -0.39 is 10.0 Å². The van der Waals surface area contributed by atoms with Crippen molar-refractivity contribution < 1.29 is 22.3 Å². The highest BCUT2D eigenvalue weighted by Gasteiger charge is 2.34. The van der Waals surface area contributed by atoms with Gasteiger partial charge in [0.25, 0.3) is 5.91 Å². The predicted molar refractivity (Wildman–Crippen MR) is 137 cm³/mol. The molecule has 0 aliphatic carbocycles. The average Bonchev–Trinajstić information content (AvgIpc) is 3.31. The molecule has 0 unspecified atom stereocenters. The van der Waals surface area contributed by atoms with Crippen LogP contribution < -0.4 is 4.90 Å². The van der Waals surface area contributed by atoms with Crippen molar-refractivity contribution >= 4 is 33.3 Å². The number of fused-ring (bicyclic) bond motifs is 1. The molecule has 0 spiro atoms. The number of carbonyl (C=O) groups excluding carboxylic acids is 1. The van der Waals surface area contributed by atoms with Gasteiger partial charge in [-0.2, -0.15) is 4.31 Å². The summed E-state index contributed by atoms with van der Waals surface area (Å²) in [6.07, 6.45) is 1.82. The maximum absolute atomic E-state index is 13.5. The number of anilines is 1. The number of rotatable bonds is 5. The van der Waals surface area contributed by atoms with E-state index in [9.17, 15) is 17.6 Å². The highest BCUT2D eigenvalue weighted by Crippen LogP contribution is 2.40. The molecule has 1 amide bonds. The van der Waals surface area contributed by atoms with E-state index in [0.29, 0.717) is 49.7 Å². The number of sulfonamides is 1. The Morgan fingerprint density at radius 2 is 1.72 bits per heavy atom. The topological polar surface area (TPSA) is 71.9 Å². The molecule has 9 heteroatoms. The van der Waals surface area contributed by atoms with E-state index in [1.807, 2.05) is 37.5 Å². The van der Waals surface area contributed by atoms with Crippen LogP contribution in [-0.4, -0.2) is 56.0 Å². The molecule has 2 aliphatic rings. The number of nitrogens with zero attached hydrogens (tertiary/aromatic N) is 3. The van der Waals surface area contributed by atoms with Gasteiger partial charge in [0.2, 0.25) is 10.0 Å². The minimum Gasteiger partial charge on any atom is -0.379 e. The molecular formula is C27H28FN3O4S. The maximum atomic E-state index is 13.5. The lowest BCUT2D eigenvalue weighted by molar-refractivity contribution is -0.112. The van der Waals surface area contributed by atoms with E-state index >= 15 is 0 Å². The summed E-state index contributed by atoms with van der Waals surface area (Å²) in [5.41, 5.74) is 5.24. The summed E-state index contributed by atoms with van der Waals surface area (Å²) in [4.78, 5) is 15.2. The summed E-state index contributed by atoms with van der Waals surface area (Å²) >= 11 is 0. The van der Waals surface area contributed by atoms with Gasteiger partial charge < -0.3 is 14.2 Å². The van der Waals surface area contributed by atoms with Crippen LogP contribution in [0.25, 0.3) is 17.3 Å². The maximum Gasteiger partial charge on any atom is 0.258 e. The molecule has 0 atom stereocenters. The van der Waals surface area contributed by atoms with E-state index in [1.165, 1.54) is 16.4 Å². The third kappa shape index (κ3) is 4.07. The summed E-state index contributed by atoms with van der Waals surface area (Å²) < 4.78 is 48.8. The van der Waals surface area contributed by atoms with Gasteiger partial charge in [0.1, 0.15) is 5.82 Å². The fourth-order valence-corrected chi connectivity index (χ4v) is 6.40. The second kappa shape index (κ2) is 9.31. The first-order valence-corrected chi connectivity index (χ1v) is 13.4. The third-order valence-corrected chi connectivity index (χ3v) is 8.70. The number of benzene rings is 2. The van der Waals surface area contributed by atoms with Crippen molar-refractivity contribution in [1.29, 1.82) is 0 Å². The first kappa shape index (κ1) is 24.4. The molecule has 5 rings (SSSR count). The highest BCUT2D eigenvalue weighted by atomic mass is 32.2. The largest absolute Gasteiger partial charge is 0.379 e. The Morgan fingerprint density at radius 1 is 1.03 bits per heavy atom. The van der Waals surface area contributed by atoms with Crippen molar-refractivity contribution in [3.8, 4) is 5.69 Å². The summed E-state index contributed by atoms with van der Waals surface area (Å²) in [6, 6.07) is 13.1. The van der Waals surface area contributed by atoms with Crippen molar-refractivity contribution in [2.45, 2.75) is 25.7 Å². The van der Waals surface area contributed by atoms with Gasteiger partial charge in [0.05, 0.1) is 23.8 Å². The lowest BCUT2D eigenvalue weighted by atomic mass is 10.0. The second-order valence-electron chi connectivity index (χ2n) is 8.94. The number of hydrogen-bond donors (Lipinski definition) is 0. The monoisotopic (exact) mass is 509 g/mol. The molecule has 0 bridgehead atoms. The Hall–Kier alpha value is -3.27. The number of aromatic nitrogens is 1. The van der Waals surface area contributed by atoms with Crippen molar-refractivity contribution in [3.63, 3.8) is 0 Å². The number of amides is 1. The fraction of sp³-hybridized carbons (Fsp3) is 0.296. The SMILES string of the molecule is CCN1C(=O)/C(=C/c2cc(C)n(-c3ccc(F)cc3)c2C)c2cc(S(=O)(=O)N3CCOCC3)ccc21. The van der Waals surface area contributed by atoms with Crippen molar-refractivity contribution in [2.75, 3.05) is 37.7 Å². The molecule has 3 aromatic rings. The summed E-state index contributed by atoms with van der Waals surface area (Å²) in [5, 5.41) is 0. The standard InChI is InChI=1S/C27H28FN3O4S/c1-4-30-26-10-9-23(36(33,34)29-11-13-35-14-12-29)17-24(26)25(27(30)32)16-20-15-18(2)31(19(20)3)22-7-5-21(28)6-8-22/h5-10,15-17H,4,11-14H2,1-3H3/b25-16+. The molecule has 2 aliphatic heterocycles. The number of halogens is 1. The predicted octanol–water partition coefficient (Wildman–Crippen LogP) is 4.16. The van der Waals surface area contributed by atoms with Crippen LogP contribution in [0.1, 0.15) is 29.4 Å². The van der Waals surface area contributed by atoms with Crippen LogP contribution in [0.15, 0.2) is 53.4 Å². The normalized spacial score (nSPS) is 17.7. The zero-order chi connectivity index (χ0) is 25.6. The van der Waals surface area contributed by atoms with E-state index in [-0.39, 0.29) is 16.6 Å². The first-order valence-electron chi connectivity index (χ1n) is 11.9. The minimum absolute atomic E-state index is 0.164. The molecule has 0 saturated carbocycles. The number of aryl methyl sites for hydroxylation is 1. The molecule has 0 radical (unpaired) electrons. The molecule has 3 heterocycles. The van der Waals surface area contributed by atoms with E-state index in [2.05, 4.69) is 0 Å². The molecule has 36 heavy (non-hydrogen) atoms. The molecule has 0 N–H and O–H groups in total. The first-order chi connectivity index (χ1) is 17.2. The van der Waals surface area contributed by atoms with E-state index in [0.717, 1.165) is 22.6 Å². The zero-order valence-electron chi connectivity index (χ0n) is 20.5. The Kier molecular flexibility index (Phi) is 6.32. The number of carbonyl (C=O) groups is 1. The molecule has 188 valence electrons. The van der Waals surface area contributed by atoms with Gasteiger partial charge in [-0.15, -0.1) is 0 Å². The van der Waals surface area contributed by atoms with Gasteiger partial charge in [0.15, 0.2) is 0 Å². The Morgan fingerprint density at radius 3 is 2.39 bits per heavy atom. The Labute approximate surface area is 210 Å². The van der Waals surface area contributed by atoms with Gasteiger partial charge in [-0.3, -0.25) is 4.79 Å². The molecule has 2 aromatic carbocycles. The van der Waals surface area contributed by atoms with Crippen molar-refractivity contribution in [1.82, 2.24) is 8.87 Å². The van der Waals surface area contributed by atoms with Gasteiger partial charge in [-0.25, -0.2) is 12.8 Å². The van der Waals surface area contributed by atoms with Gasteiger partial charge in [0, 0.05) is 47.8 Å². The van der Waals surface area contributed by atoms with Gasteiger partial charge >= 0.3 is 0 Å². The van der Waals surface area contributed by atoms with Crippen molar-refractivity contribution in [2.24, 2.45) is 0 Å². The van der Waals surface area contributed by atoms with Crippen LogP contribution in [0.2, 0.25) is 0 Å². The molecular weight excluding hydrogens is 481 g/mol. The average molecular weight is 510 g/mol. The van der Waals surface area contributed by atoms with Crippen LogP contribution in [0.4, 0.5) is 10.1 Å². The Bertz CT molecular complexity index is 1470. The smallest absolute Gasteiger partial charge is 0.258 e. The summed E-state index contributed by atoms with van der Waals surface area (Å²) in [7, 11) is -3.71. The third-order valence-electron chi connectivity index (χ3n) is 6.80. The number of hydrogen-bond acceptors (Lipinski definition) is 4. The van der Waals surface area contributed by atoms with Crippen LogP contribution in [0, 0.1) is 19.7 Å². The fourth-order valence-electron chi connectivity index (χ4n) is 4.96. The Balaban J connectivity index is 1.60. The molecule has 7 nitrogen and oxygen atoms in total. The zero-order valence-corrected chi connectivity index (χ0v) is 21.3. The number of ether oxygens (including phenoxy) is 1. The molecule has 1 saturated heterocycles. The quantitative estimate of drug-likeness (QED) is 0.485. The van der Waals surface area contributed by atoms with Crippen LogP contribution >= 0.6 is 0 Å². The van der Waals surface area contributed by atoms with Crippen LogP contribution in [0.3, 0.4) is 0 Å². The van der Waals surface area contributed by atoms with Crippen molar-refractivity contribution in [3.05, 3.63) is 76.9 Å². The highest BCUT2D eigenvalue weighted by molar-refractivity contribution is 7.89. The minimum atomic E-state index is -3.71. The van der Waals surface area contributed by atoms with Gasteiger partial charge in [-0.1, -0.05) is 0 Å². The summed E-state index contributed by atoms with van der Waals surface area (Å²) in [6.45, 7) is 7.59. The second-order valence-corrected chi connectivity index (χ2v) is 10.9. The lowest BCUT2D eigenvalue weighted by Crippen LogP contribution is -2.40. The summed E-state index contributed by atoms with van der Waals surface area (Å²) in [5.74, 6) is -0.473. The van der Waals surface area contributed by atoms with Crippen LogP contribution in [0.5, 0.6) is 0 Å². The van der Waals surface area contributed by atoms with E-state index in [4.69, 9.17) is 4.74 Å². The number of morpholine rings is 1. The number of likely N-dealkylation sites (N-methyl/N-ethyl adjacent to an activating group) is 1. The van der Waals surface area contributed by atoms with E-state index in [1.54, 1.807) is 35.2 Å². The van der Waals surface area contributed by atoms with Crippen LogP contribution in [-0.2, 0) is 19.6 Å². The van der Waals surface area contributed by atoms with Gasteiger partial charge in [-0.05, 0) is 80.9 Å². The lowest BCUT2D eigenvalue weighted by Gasteiger charge is -2.26. The molecule has 1 fully saturated rings. The molecule has 1 aromatic heterocycles.